The van der Waals surface area contributed by atoms with Gasteiger partial charge >= 0.3 is 0 Å². The van der Waals surface area contributed by atoms with E-state index in [4.69, 9.17) is 6.92 Å². The molecule has 1 atom stereocenters. The Kier molecular flexibility index (Phi) is 6.30. The summed E-state index contributed by atoms with van der Waals surface area (Å²) in [6.45, 7) is 13.5. The predicted octanol–water partition coefficient (Wildman–Crippen LogP) is 3.74. The van der Waals surface area contributed by atoms with Crippen LogP contribution >= 0.6 is 0 Å². The predicted molar refractivity (Wildman–Crippen MR) is 50.3 cm³/mol. The molecule has 0 aliphatic rings. The maximum absolute atomic E-state index is 7.04. The molecule has 0 heteroatoms. The molecule has 0 saturated heterocycles. The first-order valence-corrected chi connectivity index (χ1v) is 4.44. The lowest BCUT2D eigenvalue weighted by molar-refractivity contribution is 0.500. The van der Waals surface area contributed by atoms with E-state index in [1.54, 1.807) is 0 Å². The molecular formula is C11H19. The van der Waals surface area contributed by atoms with Crippen LogP contribution in [0.3, 0.4) is 0 Å². The summed E-state index contributed by atoms with van der Waals surface area (Å²) in [6, 6.07) is 0. The molecule has 0 rings (SSSR count). The van der Waals surface area contributed by atoms with E-state index >= 15 is 0 Å². The van der Waals surface area contributed by atoms with Crippen LogP contribution in [-0.4, -0.2) is 0 Å². The Morgan fingerprint density at radius 3 is 2.45 bits per heavy atom. The van der Waals surface area contributed by atoms with Gasteiger partial charge in [-0.3, -0.25) is 0 Å². The van der Waals surface area contributed by atoms with Crippen LogP contribution in [0.15, 0.2) is 11.6 Å². The number of hydrogen-bond acceptors (Lipinski definition) is 0. The van der Waals surface area contributed by atoms with Crippen molar-refractivity contribution >= 4 is 0 Å². The molecule has 0 aliphatic carbocycles. The van der Waals surface area contributed by atoms with Gasteiger partial charge in [0.1, 0.15) is 0 Å². The molecule has 0 saturated carbocycles. The third-order valence-corrected chi connectivity index (χ3v) is 1.85. The fraction of sp³-hybridized carbons (Fsp3) is 0.727. The topological polar surface area (TPSA) is 0 Å². The summed E-state index contributed by atoms with van der Waals surface area (Å²) < 4.78 is 0. The minimum Gasteiger partial charge on any atom is -0.0859 e. The maximum Gasteiger partial charge on any atom is -0.00935 e. The highest BCUT2D eigenvalue weighted by Gasteiger charge is 1.97. The van der Waals surface area contributed by atoms with Gasteiger partial charge in [-0.2, -0.15) is 0 Å². The van der Waals surface area contributed by atoms with Crippen molar-refractivity contribution in [1.82, 2.24) is 0 Å². The van der Waals surface area contributed by atoms with E-state index in [1.165, 1.54) is 18.4 Å². The molecule has 0 fully saturated rings. The molecule has 0 aromatic carbocycles. The summed E-state index contributed by atoms with van der Waals surface area (Å²) in [7, 11) is 0. The lowest BCUT2D eigenvalue weighted by Crippen LogP contribution is -1.92. The Balaban J connectivity index is 3.31. The van der Waals surface area contributed by atoms with Crippen molar-refractivity contribution in [1.29, 1.82) is 0 Å². The molecule has 0 N–H and O–H groups in total. The van der Waals surface area contributed by atoms with Crippen molar-refractivity contribution in [3.63, 3.8) is 0 Å². The van der Waals surface area contributed by atoms with E-state index in [0.717, 1.165) is 12.3 Å². The SMILES string of the molecule is [C]CCC(C)CCC=C(C)C. The molecule has 0 nitrogen and oxygen atoms in total. The van der Waals surface area contributed by atoms with E-state index in [0.29, 0.717) is 6.42 Å². The van der Waals surface area contributed by atoms with E-state index in [1.807, 2.05) is 0 Å². The second-order valence-electron chi connectivity index (χ2n) is 3.50. The van der Waals surface area contributed by atoms with Gasteiger partial charge in [0.05, 0.1) is 0 Å². The Morgan fingerprint density at radius 1 is 1.36 bits per heavy atom. The molecule has 63 valence electrons. The molecular weight excluding hydrogens is 132 g/mol. The van der Waals surface area contributed by atoms with Crippen molar-refractivity contribution in [3.05, 3.63) is 18.6 Å². The minimum atomic E-state index is 0.579. The number of rotatable bonds is 5. The van der Waals surface area contributed by atoms with Gasteiger partial charge in [0.25, 0.3) is 0 Å². The lowest BCUT2D eigenvalue weighted by atomic mass is 10.00. The van der Waals surface area contributed by atoms with Crippen LogP contribution in [0, 0.1) is 12.8 Å². The third kappa shape index (κ3) is 7.64. The van der Waals surface area contributed by atoms with Gasteiger partial charge in [-0.05, 0) is 46.0 Å². The molecule has 0 amide bonds. The van der Waals surface area contributed by atoms with Crippen molar-refractivity contribution in [2.45, 2.75) is 46.5 Å². The second kappa shape index (κ2) is 6.45. The van der Waals surface area contributed by atoms with Gasteiger partial charge in [0, 0.05) is 0 Å². The van der Waals surface area contributed by atoms with E-state index < -0.39 is 0 Å². The molecule has 0 heterocycles. The molecule has 0 aliphatic heterocycles. The Labute approximate surface area is 71.7 Å². The van der Waals surface area contributed by atoms with Crippen molar-refractivity contribution in [2.75, 3.05) is 0 Å². The van der Waals surface area contributed by atoms with Crippen LogP contribution < -0.4 is 0 Å². The highest BCUT2D eigenvalue weighted by molar-refractivity contribution is 4.92. The maximum atomic E-state index is 7.04. The fourth-order valence-electron chi connectivity index (χ4n) is 1.05. The summed E-state index contributed by atoms with van der Waals surface area (Å²) in [6.07, 6.45) is 6.33. The Bertz CT molecular complexity index is 107. The van der Waals surface area contributed by atoms with Gasteiger partial charge in [-0.15, -0.1) is 0 Å². The lowest BCUT2D eigenvalue weighted by Gasteiger charge is -2.06. The highest BCUT2D eigenvalue weighted by Crippen LogP contribution is 2.12. The van der Waals surface area contributed by atoms with E-state index in [2.05, 4.69) is 26.8 Å². The summed E-state index contributed by atoms with van der Waals surface area (Å²) >= 11 is 0. The second-order valence-corrected chi connectivity index (χ2v) is 3.50. The smallest absolute Gasteiger partial charge is 0.00935 e. The summed E-state index contributed by atoms with van der Waals surface area (Å²) in [5.74, 6) is 0.725. The quantitative estimate of drug-likeness (QED) is 0.525. The standard InChI is InChI=1S/C11H19/c1-5-7-11(4)9-6-8-10(2)3/h8,11H,5-7,9H2,2-4H3. The van der Waals surface area contributed by atoms with Gasteiger partial charge in [-0.1, -0.05) is 25.0 Å². The van der Waals surface area contributed by atoms with E-state index in [9.17, 15) is 0 Å². The fourth-order valence-corrected chi connectivity index (χ4v) is 1.05. The average molecular weight is 151 g/mol. The van der Waals surface area contributed by atoms with Crippen LogP contribution in [0.1, 0.15) is 46.5 Å². The largest absolute Gasteiger partial charge is 0.0859 e. The molecule has 1 unspecified atom stereocenters. The third-order valence-electron chi connectivity index (χ3n) is 1.85. The summed E-state index contributed by atoms with van der Waals surface area (Å²) in [4.78, 5) is 0. The van der Waals surface area contributed by atoms with Crippen molar-refractivity contribution < 1.29 is 0 Å². The Hall–Kier alpha value is -0.260. The number of allylic oxidation sites excluding steroid dienone is 2. The van der Waals surface area contributed by atoms with Gasteiger partial charge in [0.2, 0.25) is 0 Å². The molecule has 0 bridgehead atoms. The van der Waals surface area contributed by atoms with Gasteiger partial charge < -0.3 is 0 Å². The van der Waals surface area contributed by atoms with Crippen molar-refractivity contribution in [3.8, 4) is 0 Å². The zero-order chi connectivity index (χ0) is 8.69. The number of hydrogen-bond donors (Lipinski definition) is 0. The first-order valence-electron chi connectivity index (χ1n) is 4.44. The first kappa shape index (κ1) is 10.7. The monoisotopic (exact) mass is 151 g/mol. The minimum absolute atomic E-state index is 0.579. The van der Waals surface area contributed by atoms with Gasteiger partial charge in [-0.25, -0.2) is 0 Å². The normalized spacial score (nSPS) is 12.7. The van der Waals surface area contributed by atoms with Crippen LogP contribution in [0.25, 0.3) is 0 Å². The van der Waals surface area contributed by atoms with Crippen LogP contribution in [0.4, 0.5) is 0 Å². The average Bonchev–Trinajstić information content (AvgIpc) is 1.87. The first-order chi connectivity index (χ1) is 5.16. The van der Waals surface area contributed by atoms with E-state index in [-0.39, 0.29) is 0 Å². The van der Waals surface area contributed by atoms with Crippen LogP contribution in [0.5, 0.6) is 0 Å². The zero-order valence-electron chi connectivity index (χ0n) is 7.98. The van der Waals surface area contributed by atoms with Gasteiger partial charge in [0.15, 0.2) is 0 Å². The zero-order valence-corrected chi connectivity index (χ0v) is 7.98. The molecule has 0 aromatic rings. The molecule has 3 radical (unpaired) electrons. The molecule has 11 heavy (non-hydrogen) atoms. The molecule has 0 aromatic heterocycles. The summed E-state index contributed by atoms with van der Waals surface area (Å²) in [5.41, 5.74) is 1.41. The van der Waals surface area contributed by atoms with Crippen LogP contribution in [0.2, 0.25) is 0 Å². The summed E-state index contributed by atoms with van der Waals surface area (Å²) in [5, 5.41) is 0. The van der Waals surface area contributed by atoms with Crippen molar-refractivity contribution in [2.24, 2.45) is 5.92 Å². The van der Waals surface area contributed by atoms with Crippen LogP contribution in [-0.2, 0) is 0 Å². The molecule has 0 spiro atoms. The Morgan fingerprint density at radius 2 is 2.00 bits per heavy atom. The highest BCUT2D eigenvalue weighted by atomic mass is 14.0.